The molecule has 0 bridgehead atoms. The molecule has 0 aromatic rings. The summed E-state index contributed by atoms with van der Waals surface area (Å²) in [5, 5.41) is 6.56. The third-order valence-electron chi connectivity index (χ3n) is 5.33. The molecule has 21 heavy (non-hydrogen) atoms. The van der Waals surface area contributed by atoms with E-state index in [-0.39, 0.29) is 29.3 Å². The molecule has 0 spiro atoms. The van der Waals surface area contributed by atoms with Crippen molar-refractivity contribution in [1.82, 2.24) is 15.5 Å². The van der Waals surface area contributed by atoms with Crippen molar-refractivity contribution in [3.05, 3.63) is 0 Å². The number of likely N-dealkylation sites (tertiary alicyclic amines) is 1. The van der Waals surface area contributed by atoms with Crippen molar-refractivity contribution in [3.8, 4) is 0 Å². The Labute approximate surface area is 126 Å². The van der Waals surface area contributed by atoms with E-state index in [1.54, 1.807) is 0 Å². The van der Waals surface area contributed by atoms with Gasteiger partial charge in [-0.05, 0) is 51.5 Å². The van der Waals surface area contributed by atoms with Crippen molar-refractivity contribution >= 4 is 11.8 Å². The molecule has 118 valence electrons. The molecule has 1 aliphatic carbocycles. The quantitative estimate of drug-likeness (QED) is 0.814. The summed E-state index contributed by atoms with van der Waals surface area (Å²) in [4.78, 5) is 26.6. The fourth-order valence-corrected chi connectivity index (χ4v) is 3.64. The highest BCUT2D eigenvalue weighted by molar-refractivity contribution is 5.87. The smallest absolute Gasteiger partial charge is 0.242 e. The van der Waals surface area contributed by atoms with E-state index in [2.05, 4.69) is 17.6 Å². The third-order valence-corrected chi connectivity index (χ3v) is 5.33. The summed E-state index contributed by atoms with van der Waals surface area (Å²) < 4.78 is 0. The molecule has 0 radical (unpaired) electrons. The average molecular weight is 293 g/mol. The number of hydrogen-bond donors (Lipinski definition) is 2. The van der Waals surface area contributed by atoms with Crippen LogP contribution in [0.5, 0.6) is 0 Å². The van der Waals surface area contributed by atoms with Gasteiger partial charge in [0.2, 0.25) is 11.8 Å². The molecule has 3 aliphatic rings. The van der Waals surface area contributed by atoms with Crippen LogP contribution in [-0.2, 0) is 9.59 Å². The molecule has 3 fully saturated rings. The molecule has 5 heteroatoms. The van der Waals surface area contributed by atoms with Crippen molar-refractivity contribution in [1.29, 1.82) is 0 Å². The van der Waals surface area contributed by atoms with Crippen LogP contribution in [0.3, 0.4) is 0 Å². The Hall–Kier alpha value is -1.10. The zero-order chi connectivity index (χ0) is 14.9. The van der Waals surface area contributed by atoms with Crippen molar-refractivity contribution in [2.24, 2.45) is 5.92 Å². The van der Waals surface area contributed by atoms with E-state index in [4.69, 9.17) is 0 Å². The highest BCUT2D eigenvalue weighted by Crippen LogP contribution is 2.30. The summed E-state index contributed by atoms with van der Waals surface area (Å²) >= 11 is 0. The van der Waals surface area contributed by atoms with Crippen LogP contribution in [0, 0.1) is 5.92 Å². The third kappa shape index (κ3) is 3.07. The van der Waals surface area contributed by atoms with E-state index in [0.29, 0.717) is 0 Å². The first-order valence-corrected chi connectivity index (χ1v) is 8.49. The van der Waals surface area contributed by atoms with Crippen LogP contribution < -0.4 is 10.6 Å². The molecule has 5 nitrogen and oxygen atoms in total. The Morgan fingerprint density at radius 3 is 2.48 bits per heavy atom. The van der Waals surface area contributed by atoms with Crippen LogP contribution in [0.15, 0.2) is 0 Å². The zero-order valence-corrected chi connectivity index (χ0v) is 13.0. The van der Waals surface area contributed by atoms with Crippen LogP contribution in [0.25, 0.3) is 0 Å². The van der Waals surface area contributed by atoms with Crippen molar-refractivity contribution in [3.63, 3.8) is 0 Å². The first-order chi connectivity index (χ1) is 10.1. The molecule has 2 amide bonds. The van der Waals surface area contributed by atoms with Gasteiger partial charge in [-0.1, -0.05) is 6.92 Å². The minimum absolute atomic E-state index is 0.224. The Morgan fingerprint density at radius 2 is 1.95 bits per heavy atom. The summed E-state index contributed by atoms with van der Waals surface area (Å²) in [6, 6.07) is 0.260. The Kier molecular flexibility index (Phi) is 4.20. The van der Waals surface area contributed by atoms with Gasteiger partial charge in [-0.25, -0.2) is 0 Å². The number of carbonyl (C=O) groups excluding carboxylic acids is 2. The number of piperidine rings is 1. The molecule has 3 rings (SSSR count). The lowest BCUT2D eigenvalue weighted by Crippen LogP contribution is -2.57. The molecule has 2 N–H and O–H groups in total. The predicted molar refractivity (Wildman–Crippen MR) is 80.7 cm³/mol. The Morgan fingerprint density at radius 1 is 1.24 bits per heavy atom. The van der Waals surface area contributed by atoms with Gasteiger partial charge in [0, 0.05) is 25.0 Å². The summed E-state index contributed by atoms with van der Waals surface area (Å²) in [5.74, 6) is 0.771. The molecule has 0 aromatic carbocycles. The molecular weight excluding hydrogens is 266 g/mol. The molecule has 1 unspecified atom stereocenters. The minimum Gasteiger partial charge on any atom is -0.353 e. The highest BCUT2D eigenvalue weighted by Gasteiger charge is 2.42. The SMILES string of the molecule is CCC1(C(=O)N2CCC(NC(=O)C3CC3)CC2)CCCN1. The van der Waals surface area contributed by atoms with Crippen LogP contribution in [0.2, 0.25) is 0 Å². The maximum Gasteiger partial charge on any atom is 0.242 e. The number of hydrogen-bond acceptors (Lipinski definition) is 3. The van der Waals surface area contributed by atoms with Gasteiger partial charge in [0.1, 0.15) is 0 Å². The molecular formula is C16H27N3O2. The summed E-state index contributed by atoms with van der Waals surface area (Å²) in [6.07, 6.45) is 6.80. The van der Waals surface area contributed by atoms with Gasteiger partial charge < -0.3 is 15.5 Å². The van der Waals surface area contributed by atoms with Gasteiger partial charge in [0.15, 0.2) is 0 Å². The van der Waals surface area contributed by atoms with Crippen LogP contribution in [-0.4, -0.2) is 47.9 Å². The van der Waals surface area contributed by atoms with Crippen LogP contribution in [0.4, 0.5) is 0 Å². The van der Waals surface area contributed by atoms with Gasteiger partial charge in [0.05, 0.1) is 5.54 Å². The molecule has 2 heterocycles. The minimum atomic E-state index is -0.315. The summed E-state index contributed by atoms with van der Waals surface area (Å²) in [6.45, 7) is 4.60. The number of carbonyl (C=O) groups is 2. The fourth-order valence-electron chi connectivity index (χ4n) is 3.64. The Bertz CT molecular complexity index is 406. The van der Waals surface area contributed by atoms with Crippen molar-refractivity contribution in [2.45, 2.75) is 63.5 Å². The van der Waals surface area contributed by atoms with Crippen LogP contribution >= 0.6 is 0 Å². The standard InChI is InChI=1S/C16H27N3O2/c1-2-16(8-3-9-17-16)15(21)19-10-6-13(7-11-19)18-14(20)12-4-5-12/h12-13,17H,2-11H2,1H3,(H,18,20). The van der Waals surface area contributed by atoms with Crippen molar-refractivity contribution in [2.75, 3.05) is 19.6 Å². The second-order valence-electron chi connectivity index (χ2n) is 6.82. The van der Waals surface area contributed by atoms with E-state index in [1.807, 2.05) is 4.90 Å². The molecule has 0 aromatic heterocycles. The number of nitrogens with one attached hydrogen (secondary N) is 2. The van der Waals surface area contributed by atoms with Gasteiger partial charge in [-0.2, -0.15) is 0 Å². The summed E-state index contributed by atoms with van der Waals surface area (Å²) in [7, 11) is 0. The number of nitrogens with zero attached hydrogens (tertiary/aromatic N) is 1. The van der Waals surface area contributed by atoms with Crippen molar-refractivity contribution < 1.29 is 9.59 Å². The van der Waals surface area contributed by atoms with E-state index in [0.717, 1.165) is 64.6 Å². The predicted octanol–water partition coefficient (Wildman–Crippen LogP) is 1.04. The summed E-state index contributed by atoms with van der Waals surface area (Å²) in [5.41, 5.74) is -0.315. The first kappa shape index (κ1) is 14.8. The first-order valence-electron chi connectivity index (χ1n) is 8.49. The second-order valence-corrected chi connectivity index (χ2v) is 6.82. The molecule has 1 saturated carbocycles. The van der Waals surface area contributed by atoms with Gasteiger partial charge in [-0.15, -0.1) is 0 Å². The molecule has 2 saturated heterocycles. The molecule has 2 aliphatic heterocycles. The maximum absolute atomic E-state index is 12.8. The normalized spacial score (nSPS) is 30.4. The van der Waals surface area contributed by atoms with E-state index >= 15 is 0 Å². The zero-order valence-electron chi connectivity index (χ0n) is 13.0. The van der Waals surface area contributed by atoms with E-state index in [1.165, 1.54) is 0 Å². The lowest BCUT2D eigenvalue weighted by molar-refractivity contribution is -0.139. The number of amides is 2. The Balaban J connectivity index is 1.50. The van der Waals surface area contributed by atoms with Gasteiger partial charge in [-0.3, -0.25) is 9.59 Å². The van der Waals surface area contributed by atoms with E-state index in [9.17, 15) is 9.59 Å². The fraction of sp³-hybridized carbons (Fsp3) is 0.875. The van der Waals surface area contributed by atoms with Gasteiger partial charge >= 0.3 is 0 Å². The maximum atomic E-state index is 12.8. The highest BCUT2D eigenvalue weighted by atomic mass is 16.2. The number of rotatable bonds is 4. The van der Waals surface area contributed by atoms with E-state index < -0.39 is 0 Å². The second kappa shape index (κ2) is 5.95. The lowest BCUT2D eigenvalue weighted by Gasteiger charge is -2.38. The lowest BCUT2D eigenvalue weighted by atomic mass is 9.91. The average Bonchev–Trinajstić information content (AvgIpc) is 3.25. The monoisotopic (exact) mass is 293 g/mol. The largest absolute Gasteiger partial charge is 0.353 e. The molecule has 1 atom stereocenters. The topological polar surface area (TPSA) is 61.4 Å². The van der Waals surface area contributed by atoms with Gasteiger partial charge in [0.25, 0.3) is 0 Å². The van der Waals surface area contributed by atoms with Crippen LogP contribution in [0.1, 0.15) is 51.9 Å².